The molecule has 0 saturated heterocycles. The monoisotopic (exact) mass is 429 g/mol. The molecule has 1 aromatic heterocycles. The molecule has 10 heteroatoms. The Hall–Kier alpha value is -2.42. The Morgan fingerprint density at radius 2 is 1.89 bits per heavy atom. The molecule has 3 rings (SSSR count). The lowest BCUT2D eigenvalue weighted by Gasteiger charge is -2.08. The molecule has 0 saturated carbocycles. The van der Waals surface area contributed by atoms with E-state index in [0.717, 1.165) is 11.3 Å². The van der Waals surface area contributed by atoms with Crippen molar-refractivity contribution in [1.82, 2.24) is 4.98 Å². The Kier molecular flexibility index (Phi) is 5.79. The second-order valence-electron chi connectivity index (χ2n) is 5.22. The first kappa shape index (κ1) is 19.3. The van der Waals surface area contributed by atoms with E-state index in [4.69, 9.17) is 28.9 Å². The van der Waals surface area contributed by atoms with E-state index >= 15 is 0 Å². The molecule has 1 heterocycles. The van der Waals surface area contributed by atoms with Crippen LogP contribution in [-0.2, 0) is 0 Å². The Morgan fingerprint density at radius 3 is 2.52 bits per heavy atom. The van der Waals surface area contributed by atoms with Crippen molar-refractivity contribution >= 4 is 57.0 Å². The molecule has 0 unspecified atom stereocenters. The standard InChI is InChI=1S/C17H11Cl2F2N3O2S/c18-9-3-1-8(2-4-9)13(25)14-15(22)24-17(27-14)23-10-5-6-12(11(19)7-10)26-16(20)21/h1-7,16H,22H2,(H,23,24). The molecular formula is C17H11Cl2F2N3O2S. The second kappa shape index (κ2) is 8.08. The average Bonchev–Trinajstić information content (AvgIpc) is 2.97. The van der Waals surface area contributed by atoms with Crippen molar-refractivity contribution in [2.45, 2.75) is 6.61 Å². The van der Waals surface area contributed by atoms with Crippen LogP contribution in [0.15, 0.2) is 42.5 Å². The van der Waals surface area contributed by atoms with Gasteiger partial charge < -0.3 is 15.8 Å². The normalized spacial score (nSPS) is 10.9. The number of aromatic nitrogens is 1. The quantitative estimate of drug-likeness (QED) is 0.498. The summed E-state index contributed by atoms with van der Waals surface area (Å²) in [5, 5.41) is 3.80. The number of alkyl halides is 2. The van der Waals surface area contributed by atoms with Gasteiger partial charge in [-0.15, -0.1) is 0 Å². The Balaban J connectivity index is 1.79. The molecular weight excluding hydrogens is 419 g/mol. The van der Waals surface area contributed by atoms with Gasteiger partial charge in [0.05, 0.1) is 5.02 Å². The van der Waals surface area contributed by atoms with Gasteiger partial charge in [0.1, 0.15) is 16.4 Å². The number of carbonyl (C=O) groups is 1. The van der Waals surface area contributed by atoms with E-state index < -0.39 is 6.61 Å². The molecule has 0 spiro atoms. The van der Waals surface area contributed by atoms with Crippen molar-refractivity contribution in [2.24, 2.45) is 0 Å². The van der Waals surface area contributed by atoms with Crippen LogP contribution in [-0.4, -0.2) is 17.4 Å². The Morgan fingerprint density at radius 1 is 1.19 bits per heavy atom. The molecule has 3 N–H and O–H groups in total. The number of nitrogens with one attached hydrogen (secondary N) is 1. The molecule has 0 amide bonds. The summed E-state index contributed by atoms with van der Waals surface area (Å²) >= 11 is 12.8. The molecule has 0 aliphatic heterocycles. The Labute approximate surface area is 166 Å². The van der Waals surface area contributed by atoms with Crippen molar-refractivity contribution in [3.8, 4) is 5.75 Å². The molecule has 0 fully saturated rings. The van der Waals surface area contributed by atoms with Gasteiger partial charge in [0, 0.05) is 16.3 Å². The number of ether oxygens (including phenoxy) is 1. The van der Waals surface area contributed by atoms with Crippen molar-refractivity contribution in [3.63, 3.8) is 0 Å². The zero-order valence-electron chi connectivity index (χ0n) is 13.4. The molecule has 140 valence electrons. The number of anilines is 3. The first-order chi connectivity index (χ1) is 12.8. The van der Waals surface area contributed by atoms with E-state index in [9.17, 15) is 13.6 Å². The minimum absolute atomic E-state index is 0.00212. The highest BCUT2D eigenvalue weighted by atomic mass is 35.5. The lowest BCUT2D eigenvalue weighted by Crippen LogP contribution is -2.02. The third-order valence-corrected chi connectivity index (χ3v) is 4.90. The highest BCUT2D eigenvalue weighted by Crippen LogP contribution is 2.33. The van der Waals surface area contributed by atoms with Gasteiger partial charge in [-0.25, -0.2) is 4.98 Å². The molecule has 0 atom stereocenters. The van der Waals surface area contributed by atoms with E-state index in [2.05, 4.69) is 15.0 Å². The largest absolute Gasteiger partial charge is 0.433 e. The number of hydrogen-bond donors (Lipinski definition) is 2. The number of thiazole rings is 1. The summed E-state index contributed by atoms with van der Waals surface area (Å²) in [6.07, 6.45) is 0. The van der Waals surface area contributed by atoms with Crippen LogP contribution in [0.2, 0.25) is 10.0 Å². The van der Waals surface area contributed by atoms with Gasteiger partial charge in [0.2, 0.25) is 5.78 Å². The minimum atomic E-state index is -2.97. The lowest BCUT2D eigenvalue weighted by atomic mass is 10.1. The van der Waals surface area contributed by atoms with Gasteiger partial charge in [-0.1, -0.05) is 34.5 Å². The number of carbonyl (C=O) groups excluding carboxylic acids is 1. The molecule has 0 aliphatic carbocycles. The van der Waals surface area contributed by atoms with Crippen LogP contribution in [0.5, 0.6) is 5.75 Å². The number of halogens is 4. The zero-order valence-corrected chi connectivity index (χ0v) is 15.7. The van der Waals surface area contributed by atoms with Crippen LogP contribution in [0, 0.1) is 0 Å². The first-order valence-electron chi connectivity index (χ1n) is 7.41. The number of nitrogens with zero attached hydrogens (tertiary/aromatic N) is 1. The summed E-state index contributed by atoms with van der Waals surface area (Å²) in [6.45, 7) is -2.97. The van der Waals surface area contributed by atoms with Crippen LogP contribution in [0.4, 0.5) is 25.4 Å². The topological polar surface area (TPSA) is 77.2 Å². The summed E-state index contributed by atoms with van der Waals surface area (Å²) in [6, 6.07) is 10.6. The third kappa shape index (κ3) is 4.65. The summed E-state index contributed by atoms with van der Waals surface area (Å²) in [4.78, 5) is 16.9. The summed E-state index contributed by atoms with van der Waals surface area (Å²) in [5.41, 5.74) is 6.76. The van der Waals surface area contributed by atoms with Gasteiger partial charge >= 0.3 is 6.61 Å². The maximum Gasteiger partial charge on any atom is 0.387 e. The number of hydrogen-bond acceptors (Lipinski definition) is 6. The number of nitrogen functional groups attached to an aromatic ring is 1. The minimum Gasteiger partial charge on any atom is -0.433 e. The van der Waals surface area contributed by atoms with Gasteiger partial charge in [-0.2, -0.15) is 8.78 Å². The van der Waals surface area contributed by atoms with Gasteiger partial charge in [0.25, 0.3) is 0 Å². The van der Waals surface area contributed by atoms with Gasteiger partial charge in [0.15, 0.2) is 5.13 Å². The van der Waals surface area contributed by atoms with Crippen molar-refractivity contribution in [2.75, 3.05) is 11.1 Å². The SMILES string of the molecule is Nc1nc(Nc2ccc(OC(F)F)c(Cl)c2)sc1C(=O)c1ccc(Cl)cc1. The average molecular weight is 430 g/mol. The van der Waals surface area contributed by atoms with Crippen molar-refractivity contribution in [1.29, 1.82) is 0 Å². The van der Waals surface area contributed by atoms with E-state index in [1.807, 2.05) is 0 Å². The fourth-order valence-electron chi connectivity index (χ4n) is 2.17. The fourth-order valence-corrected chi connectivity index (χ4v) is 3.39. The third-order valence-electron chi connectivity index (χ3n) is 3.37. The lowest BCUT2D eigenvalue weighted by molar-refractivity contribution is -0.0497. The van der Waals surface area contributed by atoms with Gasteiger partial charge in [-0.3, -0.25) is 4.79 Å². The van der Waals surface area contributed by atoms with E-state index in [0.29, 0.717) is 21.4 Å². The highest BCUT2D eigenvalue weighted by Gasteiger charge is 2.18. The number of ketones is 1. The second-order valence-corrected chi connectivity index (χ2v) is 7.06. The molecule has 0 radical (unpaired) electrons. The van der Waals surface area contributed by atoms with E-state index in [1.165, 1.54) is 18.2 Å². The summed E-state index contributed by atoms with van der Waals surface area (Å²) in [7, 11) is 0. The highest BCUT2D eigenvalue weighted by molar-refractivity contribution is 7.18. The van der Waals surface area contributed by atoms with Gasteiger partial charge in [-0.05, 0) is 42.5 Å². The van der Waals surface area contributed by atoms with E-state index in [-0.39, 0.29) is 27.3 Å². The van der Waals surface area contributed by atoms with Crippen LogP contribution in [0.1, 0.15) is 15.2 Å². The number of nitrogens with two attached hydrogens (primary N) is 1. The molecule has 0 bridgehead atoms. The van der Waals surface area contributed by atoms with E-state index in [1.54, 1.807) is 24.3 Å². The number of rotatable bonds is 6. The van der Waals surface area contributed by atoms with Crippen molar-refractivity contribution in [3.05, 3.63) is 63.0 Å². The maximum atomic E-state index is 12.6. The molecule has 2 aromatic carbocycles. The predicted molar refractivity (Wildman–Crippen MR) is 103 cm³/mol. The molecule has 5 nitrogen and oxygen atoms in total. The summed E-state index contributed by atoms with van der Waals surface area (Å²) < 4.78 is 28.8. The molecule has 27 heavy (non-hydrogen) atoms. The number of benzene rings is 2. The Bertz CT molecular complexity index is 981. The van der Waals surface area contributed by atoms with Crippen LogP contribution in [0.3, 0.4) is 0 Å². The summed E-state index contributed by atoms with van der Waals surface area (Å²) in [5.74, 6) is -0.353. The fraction of sp³-hybridized carbons (Fsp3) is 0.0588. The predicted octanol–water partition coefficient (Wildman–Crippen LogP) is 5.61. The van der Waals surface area contributed by atoms with Crippen molar-refractivity contribution < 1.29 is 18.3 Å². The van der Waals surface area contributed by atoms with Crippen LogP contribution in [0.25, 0.3) is 0 Å². The smallest absolute Gasteiger partial charge is 0.387 e. The maximum absolute atomic E-state index is 12.6. The molecule has 3 aromatic rings. The first-order valence-corrected chi connectivity index (χ1v) is 8.98. The van der Waals surface area contributed by atoms with Crippen LogP contribution >= 0.6 is 34.5 Å². The molecule has 0 aliphatic rings. The van der Waals surface area contributed by atoms with Crippen LogP contribution < -0.4 is 15.8 Å². The zero-order chi connectivity index (χ0) is 19.6.